The van der Waals surface area contributed by atoms with Crippen LogP contribution in [0.2, 0.25) is 0 Å². The first-order chi connectivity index (χ1) is 15.1. The molecule has 0 aliphatic heterocycles. The number of allylic oxidation sites excluding steroid dienone is 1. The van der Waals surface area contributed by atoms with Gasteiger partial charge < -0.3 is 15.4 Å². The second kappa shape index (κ2) is 9.32. The molecule has 0 fully saturated rings. The summed E-state index contributed by atoms with van der Waals surface area (Å²) < 4.78 is 0. The molecule has 0 aliphatic carbocycles. The molecule has 4 aromatic rings. The summed E-state index contributed by atoms with van der Waals surface area (Å²) in [6.07, 6.45) is 3.16. The minimum atomic E-state index is -0.156. The van der Waals surface area contributed by atoms with E-state index in [1.807, 2.05) is 24.3 Å². The summed E-state index contributed by atoms with van der Waals surface area (Å²) in [4.78, 5) is 32.2. The molecule has 0 bridgehead atoms. The topological polar surface area (TPSA) is 95.1 Å². The van der Waals surface area contributed by atoms with E-state index in [1.54, 1.807) is 54.6 Å². The Morgan fingerprint density at radius 2 is 1.74 bits per heavy atom. The van der Waals surface area contributed by atoms with Gasteiger partial charge in [0.1, 0.15) is 5.75 Å². The van der Waals surface area contributed by atoms with Crippen molar-refractivity contribution in [2.75, 3.05) is 11.1 Å². The van der Waals surface area contributed by atoms with Gasteiger partial charge in [-0.25, -0.2) is 4.98 Å². The highest BCUT2D eigenvalue weighted by molar-refractivity contribution is 7.99. The Balaban J connectivity index is 1.30. The molecule has 0 unspecified atom stereocenters. The molecule has 0 saturated heterocycles. The molecule has 1 heterocycles. The summed E-state index contributed by atoms with van der Waals surface area (Å²) in [5, 5.41) is 12.8. The van der Waals surface area contributed by atoms with Crippen LogP contribution < -0.4 is 5.32 Å². The molecule has 0 saturated carbocycles. The first-order valence-electron chi connectivity index (χ1n) is 9.56. The van der Waals surface area contributed by atoms with Gasteiger partial charge in [-0.1, -0.05) is 42.1 Å². The van der Waals surface area contributed by atoms with Gasteiger partial charge in [-0.15, -0.1) is 0 Å². The lowest BCUT2D eigenvalue weighted by atomic mass is 10.1. The summed E-state index contributed by atoms with van der Waals surface area (Å²) in [5.41, 5.74) is 3.76. The van der Waals surface area contributed by atoms with Crippen LogP contribution in [0.4, 0.5) is 5.69 Å². The Morgan fingerprint density at radius 1 is 1.00 bits per heavy atom. The summed E-state index contributed by atoms with van der Waals surface area (Å²) >= 11 is 1.33. The number of phenolic OH excluding ortho intramolecular Hbond substituents is 1. The minimum absolute atomic E-state index is 0.147. The van der Waals surface area contributed by atoms with Gasteiger partial charge in [0.25, 0.3) is 0 Å². The Hall–Kier alpha value is -3.84. The normalized spacial score (nSPS) is 11.1. The van der Waals surface area contributed by atoms with E-state index in [0.29, 0.717) is 16.4 Å². The number of aromatic amines is 1. The number of thioether (sulfide) groups is 1. The van der Waals surface area contributed by atoms with E-state index in [2.05, 4.69) is 15.3 Å². The van der Waals surface area contributed by atoms with E-state index in [0.717, 1.165) is 16.6 Å². The number of para-hydroxylation sites is 2. The number of rotatable bonds is 7. The van der Waals surface area contributed by atoms with Crippen LogP contribution in [0.15, 0.2) is 84.0 Å². The molecule has 4 rings (SSSR count). The van der Waals surface area contributed by atoms with Crippen LogP contribution in [0, 0.1) is 0 Å². The van der Waals surface area contributed by atoms with Gasteiger partial charge in [-0.2, -0.15) is 0 Å². The number of ketones is 1. The monoisotopic (exact) mass is 429 g/mol. The first kappa shape index (κ1) is 20.4. The van der Waals surface area contributed by atoms with Gasteiger partial charge in [0.2, 0.25) is 5.91 Å². The molecule has 154 valence electrons. The van der Waals surface area contributed by atoms with Crippen LogP contribution >= 0.6 is 11.8 Å². The highest BCUT2D eigenvalue weighted by Gasteiger charge is 2.08. The Morgan fingerprint density at radius 3 is 2.48 bits per heavy atom. The number of benzene rings is 3. The third-order valence-corrected chi connectivity index (χ3v) is 5.35. The molecule has 7 heteroatoms. The second-order valence-electron chi connectivity index (χ2n) is 6.76. The smallest absolute Gasteiger partial charge is 0.234 e. The number of fused-ring (bicyclic) bond motifs is 1. The molecule has 6 nitrogen and oxygen atoms in total. The first-order valence-corrected chi connectivity index (χ1v) is 10.5. The van der Waals surface area contributed by atoms with E-state index in [-0.39, 0.29) is 23.2 Å². The zero-order valence-electron chi connectivity index (χ0n) is 16.4. The van der Waals surface area contributed by atoms with Crippen molar-refractivity contribution < 1.29 is 14.7 Å². The molecule has 1 amide bonds. The lowest BCUT2D eigenvalue weighted by molar-refractivity contribution is -0.113. The summed E-state index contributed by atoms with van der Waals surface area (Å²) in [5.74, 6) is 0.0934. The zero-order chi connectivity index (χ0) is 21.6. The van der Waals surface area contributed by atoms with Crippen molar-refractivity contribution in [1.29, 1.82) is 0 Å². The molecule has 0 radical (unpaired) electrons. The number of anilines is 1. The van der Waals surface area contributed by atoms with Crippen molar-refractivity contribution in [3.63, 3.8) is 0 Å². The lowest BCUT2D eigenvalue weighted by Gasteiger charge is -2.05. The van der Waals surface area contributed by atoms with Gasteiger partial charge in [-0.05, 0) is 60.2 Å². The summed E-state index contributed by atoms with van der Waals surface area (Å²) in [7, 11) is 0. The third kappa shape index (κ3) is 5.40. The second-order valence-corrected chi connectivity index (χ2v) is 7.73. The molecular formula is C24H19N3O3S. The molecule has 3 aromatic carbocycles. The van der Waals surface area contributed by atoms with E-state index in [1.165, 1.54) is 17.8 Å². The largest absolute Gasteiger partial charge is 0.508 e. The maximum atomic E-state index is 12.3. The number of carbonyl (C=O) groups excluding carboxylic acids is 2. The Bertz CT molecular complexity index is 1210. The fraction of sp³-hybridized carbons (Fsp3) is 0.0417. The van der Waals surface area contributed by atoms with Crippen LogP contribution in [0.25, 0.3) is 17.1 Å². The quantitative estimate of drug-likeness (QED) is 0.221. The predicted molar refractivity (Wildman–Crippen MR) is 123 cm³/mol. The molecule has 31 heavy (non-hydrogen) atoms. The maximum Gasteiger partial charge on any atom is 0.234 e. The van der Waals surface area contributed by atoms with Crippen LogP contribution in [-0.4, -0.2) is 32.5 Å². The molecule has 0 atom stereocenters. The van der Waals surface area contributed by atoms with Gasteiger partial charge in [0.15, 0.2) is 10.9 Å². The number of phenols is 1. The van der Waals surface area contributed by atoms with E-state index < -0.39 is 0 Å². The van der Waals surface area contributed by atoms with Gasteiger partial charge in [0.05, 0.1) is 16.8 Å². The van der Waals surface area contributed by atoms with Gasteiger partial charge in [0, 0.05) is 11.3 Å². The van der Waals surface area contributed by atoms with Crippen molar-refractivity contribution in [2.45, 2.75) is 5.16 Å². The molecule has 1 aromatic heterocycles. The highest BCUT2D eigenvalue weighted by atomic mass is 32.2. The van der Waals surface area contributed by atoms with E-state index >= 15 is 0 Å². The SMILES string of the molecule is O=C(CSc1nc2ccccc2[nH]1)Nc1ccc(C(=O)/C=C/c2ccc(O)cc2)cc1. The average molecular weight is 430 g/mol. The number of nitrogens with zero attached hydrogens (tertiary/aromatic N) is 1. The average Bonchev–Trinajstić information content (AvgIpc) is 3.21. The van der Waals surface area contributed by atoms with Crippen molar-refractivity contribution in [3.05, 3.63) is 90.0 Å². The third-order valence-electron chi connectivity index (χ3n) is 4.48. The molecular weight excluding hydrogens is 410 g/mol. The fourth-order valence-electron chi connectivity index (χ4n) is 2.90. The number of amides is 1. The number of carbonyl (C=O) groups is 2. The molecule has 3 N–H and O–H groups in total. The van der Waals surface area contributed by atoms with E-state index in [4.69, 9.17) is 0 Å². The van der Waals surface area contributed by atoms with Crippen molar-refractivity contribution in [3.8, 4) is 5.75 Å². The van der Waals surface area contributed by atoms with Crippen LogP contribution in [0.1, 0.15) is 15.9 Å². The number of hydrogen-bond donors (Lipinski definition) is 3. The van der Waals surface area contributed by atoms with Crippen molar-refractivity contribution >= 4 is 46.2 Å². The summed E-state index contributed by atoms with van der Waals surface area (Å²) in [6.45, 7) is 0. The maximum absolute atomic E-state index is 12.3. The minimum Gasteiger partial charge on any atom is -0.508 e. The van der Waals surface area contributed by atoms with Crippen LogP contribution in [0.3, 0.4) is 0 Å². The van der Waals surface area contributed by atoms with Crippen LogP contribution in [0.5, 0.6) is 5.75 Å². The van der Waals surface area contributed by atoms with Crippen LogP contribution in [-0.2, 0) is 4.79 Å². The van der Waals surface area contributed by atoms with Crippen molar-refractivity contribution in [1.82, 2.24) is 9.97 Å². The zero-order valence-corrected chi connectivity index (χ0v) is 17.2. The number of aromatic hydroxyl groups is 1. The van der Waals surface area contributed by atoms with Gasteiger partial charge >= 0.3 is 0 Å². The van der Waals surface area contributed by atoms with E-state index in [9.17, 15) is 14.7 Å². The van der Waals surface area contributed by atoms with Gasteiger partial charge in [-0.3, -0.25) is 9.59 Å². The highest BCUT2D eigenvalue weighted by Crippen LogP contribution is 2.20. The lowest BCUT2D eigenvalue weighted by Crippen LogP contribution is -2.14. The standard InChI is InChI=1S/C24H19N3O3S/c28-19-12-5-16(6-13-19)7-14-22(29)17-8-10-18(11-9-17)25-23(30)15-31-24-26-20-3-1-2-4-21(20)27-24/h1-14,28H,15H2,(H,25,30)(H,26,27)/b14-7+. The molecule has 0 spiro atoms. The summed E-state index contributed by atoms with van der Waals surface area (Å²) in [6, 6.07) is 21.0. The predicted octanol–water partition coefficient (Wildman–Crippen LogP) is 4.90. The number of hydrogen-bond acceptors (Lipinski definition) is 5. The number of aromatic nitrogens is 2. The Labute approximate surface area is 183 Å². The molecule has 0 aliphatic rings. The number of H-pyrrole nitrogens is 1. The number of nitrogens with one attached hydrogen (secondary N) is 2. The Kier molecular flexibility index (Phi) is 6.14. The number of imidazole rings is 1. The van der Waals surface area contributed by atoms with Crippen molar-refractivity contribution in [2.24, 2.45) is 0 Å². The fourth-order valence-corrected chi connectivity index (χ4v) is 3.59.